The molecular weight excluding hydrogens is 493 g/mol. The summed E-state index contributed by atoms with van der Waals surface area (Å²) in [6, 6.07) is 19.0. The van der Waals surface area contributed by atoms with E-state index in [9.17, 15) is 9.59 Å². The number of aromatic nitrogens is 3. The van der Waals surface area contributed by atoms with Gasteiger partial charge in [-0.25, -0.2) is 9.97 Å². The Morgan fingerprint density at radius 1 is 1.05 bits per heavy atom. The number of hydrogen-bond donors (Lipinski definition) is 1. The Morgan fingerprint density at radius 3 is 2.54 bits per heavy atom. The molecule has 2 aromatic carbocycles. The fraction of sp³-hybridized carbons (Fsp3) is 0.355. The Morgan fingerprint density at radius 2 is 1.79 bits per heavy atom. The lowest BCUT2D eigenvalue weighted by molar-refractivity contribution is -0.140. The van der Waals surface area contributed by atoms with Gasteiger partial charge >= 0.3 is 0 Å². The molecule has 2 aromatic heterocycles. The number of rotatable bonds is 7. The maximum absolute atomic E-state index is 15.1. The highest BCUT2D eigenvalue weighted by molar-refractivity contribution is 5.91. The minimum atomic E-state index is -0.637. The fourth-order valence-electron chi connectivity index (χ4n) is 5.68. The van der Waals surface area contributed by atoms with E-state index in [1.54, 1.807) is 17.3 Å². The van der Waals surface area contributed by atoms with Crippen molar-refractivity contribution in [1.82, 2.24) is 24.8 Å². The molecule has 2 amide bonds. The van der Waals surface area contributed by atoms with E-state index in [1.165, 1.54) is 0 Å². The summed E-state index contributed by atoms with van der Waals surface area (Å²) >= 11 is 0. The molecule has 1 saturated heterocycles. The number of carbonyl (C=O) groups is 2. The number of benzene rings is 2. The third kappa shape index (κ3) is 4.68. The molecule has 1 aliphatic carbocycles. The van der Waals surface area contributed by atoms with E-state index in [0.29, 0.717) is 24.2 Å². The van der Waals surface area contributed by atoms with Crippen LogP contribution in [0.5, 0.6) is 0 Å². The molecule has 6 rings (SSSR count). The van der Waals surface area contributed by atoms with E-state index in [-0.39, 0.29) is 17.2 Å². The van der Waals surface area contributed by atoms with Crippen molar-refractivity contribution >= 4 is 22.8 Å². The van der Waals surface area contributed by atoms with Crippen LogP contribution in [0.25, 0.3) is 11.0 Å². The third-order valence-electron chi connectivity index (χ3n) is 8.33. The van der Waals surface area contributed by atoms with Crippen molar-refractivity contribution in [3.8, 4) is 0 Å². The van der Waals surface area contributed by atoms with Gasteiger partial charge in [-0.2, -0.15) is 4.39 Å². The second-order valence-electron chi connectivity index (χ2n) is 11.0. The first-order valence-corrected chi connectivity index (χ1v) is 13.6. The van der Waals surface area contributed by atoms with Gasteiger partial charge in [0.1, 0.15) is 12.1 Å². The van der Waals surface area contributed by atoms with Crippen LogP contribution in [-0.4, -0.2) is 43.8 Å². The summed E-state index contributed by atoms with van der Waals surface area (Å²) in [5, 5.41) is 3.10. The quantitative estimate of drug-likeness (QED) is 0.341. The average Bonchev–Trinajstić information content (AvgIpc) is 3.34. The first-order chi connectivity index (χ1) is 18.9. The van der Waals surface area contributed by atoms with Crippen LogP contribution in [0.15, 0.2) is 73.1 Å². The lowest BCUT2D eigenvalue weighted by atomic mass is 9.97. The van der Waals surface area contributed by atoms with Gasteiger partial charge in [-0.15, -0.1) is 0 Å². The predicted molar refractivity (Wildman–Crippen MR) is 146 cm³/mol. The molecule has 4 aromatic rings. The van der Waals surface area contributed by atoms with Crippen molar-refractivity contribution in [2.45, 2.75) is 63.1 Å². The molecule has 2 fully saturated rings. The van der Waals surface area contributed by atoms with E-state index in [4.69, 9.17) is 0 Å². The van der Waals surface area contributed by atoms with Gasteiger partial charge in [0, 0.05) is 12.1 Å². The average molecular weight is 526 g/mol. The molecule has 200 valence electrons. The number of likely N-dealkylation sites (tertiary alicyclic amines) is 1. The van der Waals surface area contributed by atoms with Crippen molar-refractivity contribution in [2.24, 2.45) is 0 Å². The Kier molecular flexibility index (Phi) is 6.41. The molecular formula is C31H32FN5O2. The monoisotopic (exact) mass is 525 g/mol. The van der Waals surface area contributed by atoms with Gasteiger partial charge in [-0.3, -0.25) is 9.59 Å². The topological polar surface area (TPSA) is 80.1 Å². The number of hydrogen-bond acceptors (Lipinski definition) is 4. The van der Waals surface area contributed by atoms with Gasteiger partial charge in [0.2, 0.25) is 17.8 Å². The number of nitrogens with one attached hydrogen (secondary N) is 1. The number of fused-ring (bicyclic) bond motifs is 1. The highest BCUT2D eigenvalue weighted by atomic mass is 19.1. The summed E-state index contributed by atoms with van der Waals surface area (Å²) in [4.78, 5) is 37.8. The summed E-state index contributed by atoms with van der Waals surface area (Å²) in [6.07, 6.45) is 4.87. The summed E-state index contributed by atoms with van der Waals surface area (Å²) in [5.74, 6) is -0.877. The second kappa shape index (κ2) is 9.91. The molecule has 2 aliphatic rings. The molecule has 1 aliphatic heterocycles. The van der Waals surface area contributed by atoms with Crippen molar-refractivity contribution in [3.05, 3.63) is 95.8 Å². The highest BCUT2D eigenvalue weighted by Gasteiger charge is 2.42. The molecule has 1 N–H and O–H groups in total. The van der Waals surface area contributed by atoms with Crippen molar-refractivity contribution < 1.29 is 14.0 Å². The van der Waals surface area contributed by atoms with Crippen LogP contribution in [0.4, 0.5) is 4.39 Å². The molecule has 3 atom stereocenters. The van der Waals surface area contributed by atoms with Gasteiger partial charge in [0.05, 0.1) is 29.1 Å². The Labute approximate surface area is 227 Å². The zero-order valence-electron chi connectivity index (χ0n) is 22.2. The minimum absolute atomic E-state index is 0.127. The predicted octanol–water partition coefficient (Wildman–Crippen LogP) is 5.08. The number of amides is 2. The smallest absolute Gasteiger partial charge is 0.246 e. The second-order valence-corrected chi connectivity index (χ2v) is 11.0. The van der Waals surface area contributed by atoms with E-state index in [1.807, 2.05) is 79.1 Å². The first-order valence-electron chi connectivity index (χ1n) is 13.6. The summed E-state index contributed by atoms with van der Waals surface area (Å²) in [7, 11) is 0. The van der Waals surface area contributed by atoms with Crippen LogP contribution in [0.1, 0.15) is 68.4 Å². The fourth-order valence-corrected chi connectivity index (χ4v) is 5.68. The molecule has 8 heteroatoms. The normalized spacial score (nSPS) is 19.6. The maximum Gasteiger partial charge on any atom is 0.246 e. The number of para-hydroxylation sites is 2. The standard InChI is InChI=1S/C31H32FN5O2/c1-20(37-19-33-23-11-6-7-12-25(23)37)30(39)36-18-8-13-26(36)29(38)35-27(21-9-4-3-5-10-21)24-15-14-22(28(32)34-24)31(2)16-17-31/h3-7,9-12,14-15,19-20,26-27H,8,13,16-18H2,1-2H3,(H,35,38)/t20?,26-,27-/m0/s1. The third-order valence-corrected chi connectivity index (χ3v) is 8.33. The maximum atomic E-state index is 15.1. The number of halogens is 1. The molecule has 1 unspecified atom stereocenters. The lowest BCUT2D eigenvalue weighted by Gasteiger charge is -2.29. The number of carbonyl (C=O) groups excluding carboxylic acids is 2. The number of imidazole rings is 1. The van der Waals surface area contributed by atoms with Gasteiger partial charge in [0.25, 0.3) is 0 Å². The van der Waals surface area contributed by atoms with Gasteiger partial charge in [0.15, 0.2) is 0 Å². The zero-order chi connectivity index (χ0) is 27.1. The highest BCUT2D eigenvalue weighted by Crippen LogP contribution is 2.48. The minimum Gasteiger partial charge on any atom is -0.342 e. The number of pyridine rings is 1. The van der Waals surface area contributed by atoms with E-state index >= 15 is 4.39 Å². The molecule has 7 nitrogen and oxygen atoms in total. The van der Waals surface area contributed by atoms with Gasteiger partial charge < -0.3 is 14.8 Å². The molecule has 0 radical (unpaired) electrons. The molecule has 39 heavy (non-hydrogen) atoms. The van der Waals surface area contributed by atoms with Gasteiger partial charge in [-0.1, -0.05) is 55.5 Å². The van der Waals surface area contributed by atoms with Crippen LogP contribution < -0.4 is 5.32 Å². The SMILES string of the molecule is CC(C(=O)N1CCC[C@H]1C(=O)N[C@@H](c1ccccc1)c1ccc(C2(C)CC2)c(F)n1)n1cnc2ccccc21. The van der Waals surface area contributed by atoms with E-state index in [0.717, 1.165) is 35.9 Å². The van der Waals surface area contributed by atoms with Crippen LogP contribution in [0, 0.1) is 5.95 Å². The Balaban J connectivity index is 1.25. The lowest BCUT2D eigenvalue weighted by Crippen LogP contribution is -2.48. The summed E-state index contributed by atoms with van der Waals surface area (Å²) in [6.45, 7) is 4.39. The molecule has 3 heterocycles. The zero-order valence-corrected chi connectivity index (χ0v) is 22.2. The summed E-state index contributed by atoms with van der Waals surface area (Å²) in [5.41, 5.74) is 3.41. The van der Waals surface area contributed by atoms with Crippen LogP contribution in [0.2, 0.25) is 0 Å². The molecule has 0 spiro atoms. The van der Waals surface area contributed by atoms with E-state index in [2.05, 4.69) is 15.3 Å². The van der Waals surface area contributed by atoms with Crippen molar-refractivity contribution in [3.63, 3.8) is 0 Å². The van der Waals surface area contributed by atoms with Gasteiger partial charge in [-0.05, 0) is 61.8 Å². The van der Waals surface area contributed by atoms with Crippen LogP contribution in [-0.2, 0) is 15.0 Å². The molecule has 0 bridgehead atoms. The Bertz CT molecular complexity index is 1530. The summed E-state index contributed by atoms with van der Waals surface area (Å²) < 4.78 is 17.0. The van der Waals surface area contributed by atoms with Crippen LogP contribution >= 0.6 is 0 Å². The van der Waals surface area contributed by atoms with Crippen molar-refractivity contribution in [1.29, 1.82) is 0 Å². The van der Waals surface area contributed by atoms with Crippen molar-refractivity contribution in [2.75, 3.05) is 6.54 Å². The Hall–Kier alpha value is -4.07. The van der Waals surface area contributed by atoms with Crippen LogP contribution in [0.3, 0.4) is 0 Å². The number of nitrogens with zero attached hydrogens (tertiary/aromatic N) is 4. The largest absolute Gasteiger partial charge is 0.342 e. The first kappa shape index (κ1) is 25.2. The molecule has 1 saturated carbocycles. The van der Waals surface area contributed by atoms with E-state index < -0.39 is 24.1 Å².